The summed E-state index contributed by atoms with van der Waals surface area (Å²) in [6.07, 6.45) is 0. The summed E-state index contributed by atoms with van der Waals surface area (Å²) in [5, 5.41) is 20.6. The first kappa shape index (κ1) is 17.2. The first-order valence-electron chi connectivity index (χ1n) is 5.43. The van der Waals surface area contributed by atoms with Crippen LogP contribution in [-0.2, 0) is 10.0 Å². The SMILES string of the molecule is NS(=O)(=O)c1snc(NC(=S)Nc2cccc(Cl)c2Cl)c1O. The van der Waals surface area contributed by atoms with Gasteiger partial charge in [0.1, 0.15) is 0 Å². The minimum Gasteiger partial charge on any atom is -0.503 e. The van der Waals surface area contributed by atoms with Gasteiger partial charge in [0.05, 0.1) is 15.7 Å². The van der Waals surface area contributed by atoms with Crippen LogP contribution in [0.4, 0.5) is 11.5 Å². The first-order valence-corrected chi connectivity index (χ1v) is 8.92. The number of hydrogen-bond donors (Lipinski definition) is 4. The number of aromatic nitrogens is 1. The monoisotopic (exact) mass is 398 g/mol. The van der Waals surface area contributed by atoms with E-state index in [1.807, 2.05) is 0 Å². The molecule has 0 fully saturated rings. The van der Waals surface area contributed by atoms with Crippen molar-refractivity contribution >= 4 is 73.6 Å². The number of thiocarbonyl (C=S) groups is 1. The van der Waals surface area contributed by atoms with E-state index in [1.165, 1.54) is 0 Å². The van der Waals surface area contributed by atoms with Crippen LogP contribution >= 0.6 is 47.0 Å². The van der Waals surface area contributed by atoms with Crippen molar-refractivity contribution in [3.8, 4) is 5.75 Å². The van der Waals surface area contributed by atoms with Crippen molar-refractivity contribution in [1.29, 1.82) is 0 Å². The van der Waals surface area contributed by atoms with Crippen molar-refractivity contribution in [3.05, 3.63) is 28.2 Å². The highest BCUT2D eigenvalue weighted by Crippen LogP contribution is 2.34. The summed E-state index contributed by atoms with van der Waals surface area (Å²) in [5.74, 6) is -0.737. The molecule has 2 rings (SSSR count). The summed E-state index contributed by atoms with van der Waals surface area (Å²) in [4.78, 5) is 0. The van der Waals surface area contributed by atoms with Gasteiger partial charge in [0.2, 0.25) is 0 Å². The van der Waals surface area contributed by atoms with Crippen LogP contribution in [0.3, 0.4) is 0 Å². The molecule has 0 aliphatic rings. The Kier molecular flexibility index (Phi) is 5.10. The molecular formula is C10H8Cl2N4O3S3. The third-order valence-electron chi connectivity index (χ3n) is 2.33. The molecule has 0 amide bonds. The number of sulfonamides is 1. The molecule has 0 aliphatic carbocycles. The predicted octanol–water partition coefficient (Wildman–Crippen LogP) is 2.61. The molecule has 22 heavy (non-hydrogen) atoms. The van der Waals surface area contributed by atoms with Crippen molar-refractivity contribution in [3.63, 3.8) is 0 Å². The maximum absolute atomic E-state index is 11.2. The van der Waals surface area contributed by atoms with Gasteiger partial charge >= 0.3 is 0 Å². The molecule has 1 aromatic carbocycles. The zero-order valence-electron chi connectivity index (χ0n) is 10.5. The smallest absolute Gasteiger partial charge is 0.252 e. The Bertz CT molecular complexity index is 838. The molecule has 0 spiro atoms. The Hall–Kier alpha value is -1.17. The van der Waals surface area contributed by atoms with E-state index in [9.17, 15) is 13.5 Å². The lowest BCUT2D eigenvalue weighted by Gasteiger charge is -2.11. The van der Waals surface area contributed by atoms with E-state index in [4.69, 9.17) is 40.6 Å². The van der Waals surface area contributed by atoms with E-state index in [0.717, 1.165) is 0 Å². The van der Waals surface area contributed by atoms with Crippen LogP contribution in [0.5, 0.6) is 5.75 Å². The maximum atomic E-state index is 11.2. The summed E-state index contributed by atoms with van der Waals surface area (Å²) >= 11 is 17.4. The fourth-order valence-electron chi connectivity index (χ4n) is 1.40. The minimum atomic E-state index is -4.06. The number of anilines is 2. The molecule has 12 heteroatoms. The normalized spacial score (nSPS) is 11.2. The summed E-state index contributed by atoms with van der Waals surface area (Å²) in [6, 6.07) is 4.91. The van der Waals surface area contributed by atoms with E-state index in [0.29, 0.717) is 22.2 Å². The van der Waals surface area contributed by atoms with Gasteiger partial charge in [0.15, 0.2) is 20.9 Å². The third kappa shape index (κ3) is 3.77. The molecule has 0 saturated carbocycles. The Morgan fingerprint density at radius 2 is 2.05 bits per heavy atom. The van der Waals surface area contributed by atoms with Crippen LogP contribution in [-0.4, -0.2) is 23.0 Å². The second-order valence-corrected chi connectivity index (χ2v) is 7.62. The van der Waals surface area contributed by atoms with Gasteiger partial charge in [-0.3, -0.25) is 0 Å². The second kappa shape index (κ2) is 6.52. The largest absolute Gasteiger partial charge is 0.503 e. The van der Waals surface area contributed by atoms with Crippen LogP contribution < -0.4 is 15.8 Å². The van der Waals surface area contributed by atoms with Crippen molar-refractivity contribution < 1.29 is 13.5 Å². The predicted molar refractivity (Wildman–Crippen MR) is 91.5 cm³/mol. The van der Waals surface area contributed by atoms with Crippen molar-refractivity contribution in [2.45, 2.75) is 4.21 Å². The molecule has 118 valence electrons. The summed E-state index contributed by atoms with van der Waals surface area (Å²) < 4.78 is 25.7. The number of rotatable bonds is 3. The number of halogens is 2. The van der Waals surface area contributed by atoms with E-state index in [1.54, 1.807) is 18.2 Å². The molecular weight excluding hydrogens is 391 g/mol. The fraction of sp³-hybridized carbons (Fsp3) is 0. The molecule has 0 aliphatic heterocycles. The maximum Gasteiger partial charge on any atom is 0.252 e. The van der Waals surface area contributed by atoms with E-state index in [-0.39, 0.29) is 16.0 Å². The molecule has 1 aromatic heterocycles. The van der Waals surface area contributed by atoms with Crippen molar-refractivity contribution in [2.75, 3.05) is 10.6 Å². The highest BCUT2D eigenvalue weighted by molar-refractivity contribution is 7.91. The third-order valence-corrected chi connectivity index (χ3v) is 5.61. The number of nitrogens with two attached hydrogens (primary N) is 1. The molecule has 0 saturated heterocycles. The molecule has 0 radical (unpaired) electrons. The highest BCUT2D eigenvalue weighted by atomic mass is 35.5. The lowest BCUT2D eigenvalue weighted by molar-refractivity contribution is 0.465. The number of aromatic hydroxyl groups is 1. The number of primary sulfonamides is 1. The van der Waals surface area contributed by atoms with Gasteiger partial charge in [-0.05, 0) is 35.9 Å². The van der Waals surface area contributed by atoms with E-state index >= 15 is 0 Å². The van der Waals surface area contributed by atoms with Crippen LogP contribution in [0.2, 0.25) is 10.0 Å². The van der Waals surface area contributed by atoms with Crippen molar-refractivity contribution in [1.82, 2.24) is 4.37 Å². The first-order chi connectivity index (χ1) is 10.2. The van der Waals surface area contributed by atoms with Gasteiger partial charge in [-0.25, -0.2) is 13.6 Å². The molecule has 0 bridgehead atoms. The second-order valence-electron chi connectivity index (χ2n) is 3.89. The number of nitrogens with zero attached hydrogens (tertiary/aromatic N) is 1. The van der Waals surface area contributed by atoms with Crippen LogP contribution in [0, 0.1) is 0 Å². The molecule has 0 atom stereocenters. The Balaban J connectivity index is 2.17. The zero-order chi connectivity index (χ0) is 16.5. The van der Waals surface area contributed by atoms with Gasteiger partial charge in [0, 0.05) is 0 Å². The minimum absolute atomic E-state index is 0.0331. The van der Waals surface area contributed by atoms with Crippen LogP contribution in [0.25, 0.3) is 0 Å². The zero-order valence-corrected chi connectivity index (χ0v) is 14.5. The summed E-state index contributed by atoms with van der Waals surface area (Å²) in [7, 11) is -4.06. The van der Waals surface area contributed by atoms with Crippen LogP contribution in [0.1, 0.15) is 0 Å². The molecule has 7 nitrogen and oxygen atoms in total. The fourth-order valence-corrected chi connectivity index (χ4v) is 3.34. The van der Waals surface area contributed by atoms with Crippen LogP contribution in [0.15, 0.2) is 22.4 Å². The summed E-state index contributed by atoms with van der Waals surface area (Å²) in [6.45, 7) is 0. The Morgan fingerprint density at radius 1 is 1.36 bits per heavy atom. The van der Waals surface area contributed by atoms with E-state index < -0.39 is 20.0 Å². The molecule has 0 unspecified atom stereocenters. The number of nitrogens with one attached hydrogen (secondary N) is 2. The number of benzene rings is 1. The Morgan fingerprint density at radius 3 is 2.64 bits per heavy atom. The van der Waals surface area contributed by atoms with Gasteiger partial charge in [-0.15, -0.1) is 0 Å². The van der Waals surface area contributed by atoms with Gasteiger partial charge in [-0.2, -0.15) is 4.37 Å². The number of hydrogen-bond acceptors (Lipinski definition) is 6. The van der Waals surface area contributed by atoms with Gasteiger partial charge < -0.3 is 15.7 Å². The van der Waals surface area contributed by atoms with Crippen molar-refractivity contribution in [2.24, 2.45) is 5.14 Å². The summed E-state index contributed by atoms with van der Waals surface area (Å²) in [5.41, 5.74) is 0.438. The van der Waals surface area contributed by atoms with E-state index in [2.05, 4.69) is 15.0 Å². The average molecular weight is 399 g/mol. The quantitative estimate of drug-likeness (QED) is 0.586. The lowest BCUT2D eigenvalue weighted by atomic mass is 10.3. The standard InChI is InChI=1S/C10H8Cl2N4O3S3/c11-4-2-1-3-5(6(4)12)14-10(20)15-8-7(17)9(21-16-8)22(13,18)19/h1-3,17H,(H2,13,18,19)(H2,14,15,16,20). The Labute approximate surface area is 145 Å². The van der Waals surface area contributed by atoms with Gasteiger partial charge in [0.25, 0.3) is 10.0 Å². The van der Waals surface area contributed by atoms with Gasteiger partial charge in [-0.1, -0.05) is 29.3 Å². The lowest BCUT2D eigenvalue weighted by Crippen LogP contribution is -2.19. The molecule has 5 N–H and O–H groups in total. The molecule has 1 heterocycles. The highest BCUT2D eigenvalue weighted by Gasteiger charge is 2.22. The average Bonchev–Trinajstić information content (AvgIpc) is 2.76. The topological polar surface area (TPSA) is 117 Å². The molecule has 2 aromatic rings.